The fraction of sp³-hybridized carbons (Fsp3) is 0.611. The van der Waals surface area contributed by atoms with Gasteiger partial charge >= 0.3 is 0 Å². The molecule has 0 unspecified atom stereocenters. The highest BCUT2D eigenvalue weighted by molar-refractivity contribution is 7.89. The number of hydrogen-bond acceptors (Lipinski definition) is 4. The molecule has 0 radical (unpaired) electrons. The van der Waals surface area contributed by atoms with Crippen molar-refractivity contribution in [2.24, 2.45) is 5.92 Å². The van der Waals surface area contributed by atoms with E-state index in [1.54, 1.807) is 18.1 Å². The summed E-state index contributed by atoms with van der Waals surface area (Å²) >= 11 is 0. The van der Waals surface area contributed by atoms with Gasteiger partial charge in [-0.15, -0.1) is 0 Å². The highest BCUT2D eigenvalue weighted by Crippen LogP contribution is 2.34. The molecule has 6 nitrogen and oxygen atoms in total. The molecule has 2 aliphatic rings. The van der Waals surface area contributed by atoms with Crippen LogP contribution in [0.15, 0.2) is 11.0 Å². The number of methoxy groups -OCH3 is 1. The minimum Gasteiger partial charge on any atom is -0.496 e. The summed E-state index contributed by atoms with van der Waals surface area (Å²) in [5, 5.41) is 0. The number of amides is 1. The molecular formula is C18H26N2O4S. The SMILES string of the molecule is COc1c(C)cc(S(=O)(=O)N2CCN(C(=O)C3CC3)CC2)c(C)c1C. The molecule has 1 aromatic rings. The number of benzene rings is 1. The van der Waals surface area contributed by atoms with Crippen molar-refractivity contribution >= 4 is 15.9 Å². The quantitative estimate of drug-likeness (QED) is 0.816. The zero-order chi connectivity index (χ0) is 18.4. The number of sulfonamides is 1. The Labute approximate surface area is 149 Å². The second kappa shape index (κ2) is 6.61. The smallest absolute Gasteiger partial charge is 0.243 e. The van der Waals surface area contributed by atoms with Gasteiger partial charge in [-0.3, -0.25) is 4.79 Å². The van der Waals surface area contributed by atoms with Crippen molar-refractivity contribution in [1.29, 1.82) is 0 Å². The summed E-state index contributed by atoms with van der Waals surface area (Å²) in [6.07, 6.45) is 1.95. The predicted molar refractivity (Wildman–Crippen MR) is 95.3 cm³/mol. The zero-order valence-corrected chi connectivity index (χ0v) is 16.1. The third-order valence-corrected chi connectivity index (χ3v) is 7.30. The number of nitrogens with zero attached hydrogens (tertiary/aromatic N) is 2. The van der Waals surface area contributed by atoms with Crippen molar-refractivity contribution in [2.75, 3.05) is 33.3 Å². The molecule has 1 saturated heterocycles. The molecule has 0 atom stereocenters. The molecule has 0 spiro atoms. The van der Waals surface area contributed by atoms with E-state index in [-0.39, 0.29) is 11.8 Å². The molecule has 25 heavy (non-hydrogen) atoms. The van der Waals surface area contributed by atoms with Crippen LogP contribution in [-0.4, -0.2) is 56.8 Å². The first-order valence-corrected chi connectivity index (χ1v) is 10.1. The van der Waals surface area contributed by atoms with Gasteiger partial charge in [0.05, 0.1) is 12.0 Å². The van der Waals surface area contributed by atoms with Gasteiger partial charge in [0.15, 0.2) is 0 Å². The molecule has 0 bridgehead atoms. The maximum absolute atomic E-state index is 13.1. The summed E-state index contributed by atoms with van der Waals surface area (Å²) in [7, 11) is -1.98. The number of ether oxygens (including phenoxy) is 1. The first-order chi connectivity index (χ1) is 11.8. The Morgan fingerprint density at radius 3 is 2.20 bits per heavy atom. The highest BCUT2D eigenvalue weighted by atomic mass is 32.2. The standard InChI is InChI=1S/C18H26N2O4S/c1-12-11-16(13(2)14(3)17(12)24-4)25(22,23)20-9-7-19(8-10-20)18(21)15-5-6-15/h11,15H,5-10H2,1-4H3. The van der Waals surface area contributed by atoms with E-state index in [9.17, 15) is 13.2 Å². The largest absolute Gasteiger partial charge is 0.496 e. The van der Waals surface area contributed by atoms with E-state index in [0.717, 1.165) is 35.3 Å². The van der Waals surface area contributed by atoms with Crippen molar-refractivity contribution < 1.29 is 17.9 Å². The Balaban J connectivity index is 1.82. The molecular weight excluding hydrogens is 340 g/mol. The van der Waals surface area contributed by atoms with Crippen LogP contribution in [0.2, 0.25) is 0 Å². The van der Waals surface area contributed by atoms with E-state index in [2.05, 4.69) is 0 Å². The van der Waals surface area contributed by atoms with E-state index in [1.807, 2.05) is 20.8 Å². The van der Waals surface area contributed by atoms with Crippen molar-refractivity contribution in [1.82, 2.24) is 9.21 Å². The van der Waals surface area contributed by atoms with Crippen LogP contribution in [-0.2, 0) is 14.8 Å². The lowest BCUT2D eigenvalue weighted by molar-refractivity contribution is -0.133. The topological polar surface area (TPSA) is 66.9 Å². The Kier molecular flexibility index (Phi) is 4.81. The highest BCUT2D eigenvalue weighted by Gasteiger charge is 2.37. The number of aryl methyl sites for hydroxylation is 1. The Hall–Kier alpha value is -1.60. The van der Waals surface area contributed by atoms with Gasteiger partial charge < -0.3 is 9.64 Å². The van der Waals surface area contributed by atoms with Gasteiger partial charge in [-0.1, -0.05) is 0 Å². The average molecular weight is 366 g/mol. The van der Waals surface area contributed by atoms with Crippen LogP contribution in [0.4, 0.5) is 0 Å². The first-order valence-electron chi connectivity index (χ1n) is 8.71. The maximum atomic E-state index is 13.1. The average Bonchev–Trinajstić information content (AvgIpc) is 3.43. The van der Waals surface area contributed by atoms with Crippen molar-refractivity contribution in [2.45, 2.75) is 38.5 Å². The molecule has 1 amide bonds. The lowest BCUT2D eigenvalue weighted by Gasteiger charge is -2.34. The Morgan fingerprint density at radius 2 is 1.68 bits per heavy atom. The third-order valence-electron chi connectivity index (χ3n) is 5.28. The lowest BCUT2D eigenvalue weighted by atomic mass is 10.1. The molecule has 3 rings (SSSR count). The molecule has 7 heteroatoms. The van der Waals surface area contributed by atoms with E-state index in [1.165, 1.54) is 4.31 Å². The molecule has 0 N–H and O–H groups in total. The van der Waals surface area contributed by atoms with E-state index in [0.29, 0.717) is 31.1 Å². The number of carbonyl (C=O) groups excluding carboxylic acids is 1. The third kappa shape index (κ3) is 3.27. The van der Waals surface area contributed by atoms with Gasteiger partial charge in [0.25, 0.3) is 0 Å². The van der Waals surface area contributed by atoms with Crippen LogP contribution >= 0.6 is 0 Å². The predicted octanol–water partition coefficient (Wildman–Crippen LogP) is 1.86. The number of carbonyl (C=O) groups is 1. The summed E-state index contributed by atoms with van der Waals surface area (Å²) in [6, 6.07) is 1.69. The first kappa shape index (κ1) is 18.2. The van der Waals surface area contributed by atoms with Gasteiger partial charge in [-0.25, -0.2) is 8.42 Å². The van der Waals surface area contributed by atoms with E-state index in [4.69, 9.17) is 4.74 Å². The van der Waals surface area contributed by atoms with Gasteiger partial charge in [0.1, 0.15) is 5.75 Å². The second-order valence-corrected chi connectivity index (χ2v) is 8.88. The normalized spacial score (nSPS) is 19.1. The van der Waals surface area contributed by atoms with Crippen molar-refractivity contribution in [3.63, 3.8) is 0 Å². The van der Waals surface area contributed by atoms with Gasteiger partial charge in [0, 0.05) is 32.1 Å². The van der Waals surface area contributed by atoms with Crippen LogP contribution in [0.1, 0.15) is 29.5 Å². The zero-order valence-electron chi connectivity index (χ0n) is 15.3. The molecule has 1 aromatic carbocycles. The molecule has 1 saturated carbocycles. The van der Waals surface area contributed by atoms with E-state index >= 15 is 0 Å². The molecule has 1 aliphatic heterocycles. The molecule has 1 aliphatic carbocycles. The van der Waals surface area contributed by atoms with Crippen molar-refractivity contribution in [3.8, 4) is 5.75 Å². The minimum atomic E-state index is -3.58. The summed E-state index contributed by atoms with van der Waals surface area (Å²) in [5.41, 5.74) is 2.38. The number of piperazine rings is 1. The maximum Gasteiger partial charge on any atom is 0.243 e. The fourth-order valence-corrected chi connectivity index (χ4v) is 5.27. The number of rotatable bonds is 4. The summed E-state index contributed by atoms with van der Waals surface area (Å²) in [4.78, 5) is 14.3. The Bertz CT molecular complexity index is 792. The monoisotopic (exact) mass is 366 g/mol. The van der Waals surface area contributed by atoms with E-state index < -0.39 is 10.0 Å². The van der Waals surface area contributed by atoms with Gasteiger partial charge in [0.2, 0.25) is 15.9 Å². The van der Waals surface area contributed by atoms with Gasteiger partial charge in [-0.2, -0.15) is 4.31 Å². The summed E-state index contributed by atoms with van der Waals surface area (Å²) in [5.74, 6) is 1.10. The van der Waals surface area contributed by atoms with Crippen LogP contribution in [0.5, 0.6) is 5.75 Å². The lowest BCUT2D eigenvalue weighted by Crippen LogP contribution is -2.51. The van der Waals surface area contributed by atoms with Crippen LogP contribution in [0, 0.1) is 26.7 Å². The van der Waals surface area contributed by atoms with Gasteiger partial charge in [-0.05, 0) is 56.4 Å². The minimum absolute atomic E-state index is 0.178. The Morgan fingerprint density at radius 1 is 1.08 bits per heavy atom. The van der Waals surface area contributed by atoms with Crippen LogP contribution in [0.25, 0.3) is 0 Å². The van der Waals surface area contributed by atoms with Crippen LogP contribution in [0.3, 0.4) is 0 Å². The summed E-state index contributed by atoms with van der Waals surface area (Å²) < 4.78 is 33.1. The second-order valence-electron chi connectivity index (χ2n) is 6.98. The summed E-state index contributed by atoms with van der Waals surface area (Å²) in [6.45, 7) is 7.21. The van der Waals surface area contributed by atoms with Crippen LogP contribution < -0.4 is 4.74 Å². The molecule has 2 fully saturated rings. The molecule has 1 heterocycles. The molecule has 138 valence electrons. The fourth-order valence-electron chi connectivity index (χ4n) is 3.48. The van der Waals surface area contributed by atoms with Crippen molar-refractivity contribution in [3.05, 3.63) is 22.8 Å². The molecule has 0 aromatic heterocycles. The number of hydrogen-bond donors (Lipinski definition) is 0.